The van der Waals surface area contributed by atoms with Crippen molar-refractivity contribution in [3.63, 3.8) is 0 Å². The smallest absolute Gasteiger partial charge is 0.398 e. The van der Waals surface area contributed by atoms with Gasteiger partial charge in [0, 0.05) is 0 Å². The fraction of sp³-hybridized carbons (Fsp3) is 0.444. The van der Waals surface area contributed by atoms with Crippen molar-refractivity contribution in [3.05, 3.63) is 47.4 Å². The van der Waals surface area contributed by atoms with Crippen molar-refractivity contribution in [1.29, 1.82) is 0 Å². The molecule has 1 fully saturated rings. The van der Waals surface area contributed by atoms with E-state index in [0.29, 0.717) is 5.69 Å². The molecule has 132 valence electrons. The Hall–Kier alpha value is -1.99. The molecule has 1 aliphatic heterocycles. The molecule has 0 radical (unpaired) electrons. The largest absolute Gasteiger partial charge is 0.525 e. The zero-order valence-electron chi connectivity index (χ0n) is 15.3. The van der Waals surface area contributed by atoms with Crippen molar-refractivity contribution >= 4 is 13.2 Å². The number of nitrogens with zero attached hydrogens (tertiary/aromatic N) is 3. The summed E-state index contributed by atoms with van der Waals surface area (Å²) in [5.74, 6) is 0. The van der Waals surface area contributed by atoms with Crippen LogP contribution in [0.3, 0.4) is 0 Å². The molecule has 0 spiro atoms. The van der Waals surface area contributed by atoms with Gasteiger partial charge in [0.2, 0.25) is 0 Å². The van der Waals surface area contributed by atoms with Crippen molar-refractivity contribution in [1.82, 2.24) is 15.0 Å². The zero-order chi connectivity index (χ0) is 18.2. The van der Waals surface area contributed by atoms with E-state index in [2.05, 4.69) is 17.2 Å². The Morgan fingerprint density at radius 2 is 1.76 bits per heavy atom. The minimum atomic E-state index is -1.03. The fourth-order valence-corrected chi connectivity index (χ4v) is 2.52. The van der Waals surface area contributed by atoms with Gasteiger partial charge >= 0.3 is 7.12 Å². The maximum absolute atomic E-state index is 14.5. The number of rotatable bonds is 4. The summed E-state index contributed by atoms with van der Waals surface area (Å²) in [7, 11) is -1.03. The summed E-state index contributed by atoms with van der Waals surface area (Å²) in [6.07, 6.45) is 3.95. The quantitative estimate of drug-likeness (QED) is 0.793. The van der Waals surface area contributed by atoms with Gasteiger partial charge in [-0.25, -0.2) is 9.07 Å². The molecule has 25 heavy (non-hydrogen) atoms. The number of hydrogen-bond donors (Lipinski definition) is 0. The summed E-state index contributed by atoms with van der Waals surface area (Å²) < 4.78 is 27.5. The average molecular weight is 343 g/mol. The molecule has 0 N–H and O–H groups in total. The molecule has 0 unspecified atom stereocenters. The molecule has 0 aliphatic carbocycles. The first kappa shape index (κ1) is 17.8. The summed E-state index contributed by atoms with van der Waals surface area (Å²) in [5.41, 5.74) is 0.846. The van der Waals surface area contributed by atoms with Crippen molar-refractivity contribution in [2.24, 2.45) is 0 Å². The second-order valence-electron chi connectivity index (χ2n) is 7.23. The second kappa shape index (κ2) is 6.39. The fourth-order valence-electron chi connectivity index (χ4n) is 2.52. The first-order valence-corrected chi connectivity index (χ1v) is 8.46. The minimum absolute atomic E-state index is 0.409. The highest BCUT2D eigenvalue weighted by Gasteiger charge is 2.53. The van der Waals surface area contributed by atoms with Crippen LogP contribution in [0.2, 0.25) is 0 Å². The van der Waals surface area contributed by atoms with E-state index in [0.717, 1.165) is 12.1 Å². The number of hydrogen-bond acceptors (Lipinski definition) is 4. The topological polar surface area (TPSA) is 49.2 Å². The molecule has 0 atom stereocenters. The number of aryl methyl sites for hydroxylation is 1. The van der Waals surface area contributed by atoms with Gasteiger partial charge in [-0.3, -0.25) is 0 Å². The molecule has 0 bridgehead atoms. The lowest BCUT2D eigenvalue weighted by atomic mass is 9.87. The molecule has 7 heteroatoms. The molecule has 2 aromatic rings. The van der Waals surface area contributed by atoms with Crippen LogP contribution in [-0.4, -0.2) is 33.3 Å². The van der Waals surface area contributed by atoms with Crippen LogP contribution in [0.1, 0.15) is 45.9 Å². The van der Waals surface area contributed by atoms with E-state index < -0.39 is 24.0 Å². The molecule has 1 aromatic carbocycles. The highest BCUT2D eigenvalue weighted by atomic mass is 19.1. The maximum Gasteiger partial charge on any atom is 0.525 e. The molecule has 5 nitrogen and oxygen atoms in total. The molecule has 0 saturated carbocycles. The number of benzene rings is 1. The highest BCUT2D eigenvalue weighted by molar-refractivity contribution is 6.54. The highest BCUT2D eigenvalue weighted by Crippen LogP contribution is 2.38. The van der Waals surface area contributed by atoms with Gasteiger partial charge in [-0.2, -0.15) is 0 Å². The van der Waals surface area contributed by atoms with Gasteiger partial charge in [-0.05, 0) is 57.9 Å². The lowest BCUT2D eigenvalue weighted by Gasteiger charge is -2.32. The summed E-state index contributed by atoms with van der Waals surface area (Å²) in [4.78, 5) is 0. The van der Waals surface area contributed by atoms with Gasteiger partial charge in [0.25, 0.3) is 0 Å². The maximum atomic E-state index is 14.5. The van der Waals surface area contributed by atoms with Crippen molar-refractivity contribution in [2.75, 3.05) is 0 Å². The van der Waals surface area contributed by atoms with E-state index in [1.807, 2.05) is 52.0 Å². The van der Waals surface area contributed by atoms with E-state index in [1.54, 1.807) is 10.9 Å². The predicted octanol–water partition coefficient (Wildman–Crippen LogP) is 3.77. The molecule has 1 aliphatic rings. The Kier molecular flexibility index (Phi) is 4.55. The van der Waals surface area contributed by atoms with E-state index in [1.165, 1.54) is 11.6 Å². The monoisotopic (exact) mass is 343 g/mol. The first-order valence-electron chi connectivity index (χ1n) is 8.46. The van der Waals surface area contributed by atoms with Gasteiger partial charge in [0.15, 0.2) is 0 Å². The van der Waals surface area contributed by atoms with Crippen LogP contribution in [0, 0.1) is 0 Å². The third kappa shape index (κ3) is 3.53. The summed E-state index contributed by atoms with van der Waals surface area (Å²) in [6.45, 7) is 9.64. The molecule has 0 amide bonds. The molecule has 1 saturated heterocycles. The molecular weight excluding hydrogens is 320 g/mol. The third-order valence-electron chi connectivity index (χ3n) is 4.88. The van der Waals surface area contributed by atoms with Crippen molar-refractivity contribution < 1.29 is 13.7 Å². The van der Waals surface area contributed by atoms with Crippen LogP contribution in [0.15, 0.2) is 36.2 Å². The van der Waals surface area contributed by atoms with Gasteiger partial charge in [0.05, 0.1) is 23.1 Å². The van der Waals surface area contributed by atoms with Crippen LogP contribution in [0.25, 0.3) is 11.8 Å². The van der Waals surface area contributed by atoms with E-state index in [4.69, 9.17) is 9.31 Å². The molecular formula is C18H23BFN3O2. The molecule has 1 aromatic heterocycles. The van der Waals surface area contributed by atoms with E-state index in [-0.39, 0.29) is 0 Å². The second-order valence-corrected chi connectivity index (χ2v) is 7.23. The standard InChI is InChI=1S/C18H23BFN3O2/c1-6-13-7-9-15(10-8-13)23-12-14(21-22-23)11-16(20)19-24-17(2,3)18(4,5)25-19/h7-12H,6H2,1-5H3. The SMILES string of the molecule is CCc1ccc(-n2cc(C=C(F)B3OC(C)(C)C(C)(C)O3)nn2)cc1. The van der Waals surface area contributed by atoms with Gasteiger partial charge in [-0.15, -0.1) is 5.10 Å². The number of halogens is 1. The Balaban J connectivity index is 1.77. The summed E-state index contributed by atoms with van der Waals surface area (Å²) in [6, 6.07) is 8.01. The predicted molar refractivity (Wildman–Crippen MR) is 95.9 cm³/mol. The lowest BCUT2D eigenvalue weighted by Crippen LogP contribution is -2.41. The minimum Gasteiger partial charge on any atom is -0.398 e. The first-order chi connectivity index (χ1) is 11.7. The van der Waals surface area contributed by atoms with Crippen LogP contribution in [0.5, 0.6) is 0 Å². The van der Waals surface area contributed by atoms with Gasteiger partial charge in [-0.1, -0.05) is 24.3 Å². The van der Waals surface area contributed by atoms with Crippen molar-refractivity contribution in [2.45, 2.75) is 52.2 Å². The Morgan fingerprint density at radius 3 is 2.32 bits per heavy atom. The Bertz CT molecular complexity index is 768. The Labute approximate surface area is 148 Å². The van der Waals surface area contributed by atoms with Crippen LogP contribution in [0.4, 0.5) is 4.39 Å². The van der Waals surface area contributed by atoms with Gasteiger partial charge < -0.3 is 9.31 Å². The van der Waals surface area contributed by atoms with Gasteiger partial charge in [0.1, 0.15) is 11.4 Å². The molecule has 2 heterocycles. The van der Waals surface area contributed by atoms with Crippen LogP contribution in [-0.2, 0) is 15.7 Å². The van der Waals surface area contributed by atoms with Crippen LogP contribution >= 0.6 is 0 Å². The van der Waals surface area contributed by atoms with E-state index >= 15 is 0 Å². The normalized spacial score (nSPS) is 19.4. The zero-order valence-corrected chi connectivity index (χ0v) is 15.3. The van der Waals surface area contributed by atoms with Crippen LogP contribution < -0.4 is 0 Å². The van der Waals surface area contributed by atoms with E-state index in [9.17, 15) is 4.39 Å². The van der Waals surface area contributed by atoms with Crippen molar-refractivity contribution in [3.8, 4) is 5.69 Å². The Morgan fingerprint density at radius 1 is 1.16 bits per heavy atom. The third-order valence-corrected chi connectivity index (χ3v) is 4.88. The summed E-state index contributed by atoms with van der Waals surface area (Å²) >= 11 is 0. The lowest BCUT2D eigenvalue weighted by molar-refractivity contribution is 0.00578. The average Bonchev–Trinajstić information content (AvgIpc) is 3.10. The molecule has 3 rings (SSSR count). The number of aromatic nitrogens is 3. The summed E-state index contributed by atoms with van der Waals surface area (Å²) in [5, 5.41) is 8.06.